The minimum absolute atomic E-state index is 0.107. The molecule has 0 saturated heterocycles. The van der Waals surface area contributed by atoms with Crippen LogP contribution in [0.4, 0.5) is 14.6 Å². The summed E-state index contributed by atoms with van der Waals surface area (Å²) in [6, 6.07) is 0.942. The zero-order chi connectivity index (χ0) is 11.6. The summed E-state index contributed by atoms with van der Waals surface area (Å²) in [5.41, 5.74) is 4.04. The number of nitrogens with zero attached hydrogens (tertiary/aromatic N) is 1. The van der Waals surface area contributed by atoms with Crippen LogP contribution in [-0.2, 0) is 5.88 Å². The number of aromatic nitrogens is 1. The maximum atomic E-state index is 12.5. The summed E-state index contributed by atoms with van der Waals surface area (Å²) >= 11 is 5.40. The molecule has 1 aromatic heterocycles. The van der Waals surface area contributed by atoms with Crippen molar-refractivity contribution in [3.63, 3.8) is 0 Å². The van der Waals surface area contributed by atoms with Crippen molar-refractivity contribution in [2.45, 2.75) is 12.3 Å². The number of halogens is 3. The van der Waals surface area contributed by atoms with Gasteiger partial charge in [0.1, 0.15) is 11.4 Å². The van der Waals surface area contributed by atoms with E-state index in [1.165, 1.54) is 0 Å². The van der Waals surface area contributed by atoms with Gasteiger partial charge in [-0.1, -0.05) is 0 Å². The number of alkyl halides is 3. The lowest BCUT2D eigenvalue weighted by atomic mass is 10.1. The molecule has 0 bridgehead atoms. The molecule has 4 nitrogen and oxygen atoms in total. The molecule has 0 aliphatic carbocycles. The van der Waals surface area contributed by atoms with E-state index in [9.17, 15) is 13.6 Å². The van der Waals surface area contributed by atoms with Crippen molar-refractivity contribution in [1.82, 2.24) is 4.98 Å². The molecule has 0 spiro atoms. The Morgan fingerprint density at radius 2 is 2.27 bits per heavy atom. The summed E-state index contributed by atoms with van der Waals surface area (Å²) in [7, 11) is 0. The first-order chi connectivity index (χ1) is 6.97. The van der Waals surface area contributed by atoms with Crippen LogP contribution in [0.2, 0.25) is 0 Å². The maximum Gasteiger partial charge on any atom is 0.339 e. The van der Waals surface area contributed by atoms with Gasteiger partial charge >= 0.3 is 5.97 Å². The number of hydrogen-bond acceptors (Lipinski definition) is 3. The molecule has 3 N–H and O–H groups in total. The first kappa shape index (κ1) is 11.6. The highest BCUT2D eigenvalue weighted by Gasteiger charge is 2.22. The third-order valence-corrected chi connectivity index (χ3v) is 1.99. The van der Waals surface area contributed by atoms with E-state index in [0.717, 1.165) is 6.07 Å². The predicted molar refractivity (Wildman–Crippen MR) is 50.1 cm³/mol. The zero-order valence-electron chi connectivity index (χ0n) is 7.38. The Morgan fingerprint density at radius 1 is 1.67 bits per heavy atom. The minimum Gasteiger partial charge on any atom is -0.478 e. The molecule has 82 valence electrons. The van der Waals surface area contributed by atoms with Crippen LogP contribution >= 0.6 is 11.6 Å². The van der Waals surface area contributed by atoms with E-state index >= 15 is 0 Å². The highest BCUT2D eigenvalue weighted by molar-refractivity contribution is 6.17. The van der Waals surface area contributed by atoms with Crippen molar-refractivity contribution >= 4 is 23.4 Å². The number of carboxylic acid groups (broad SMARTS) is 1. The van der Waals surface area contributed by atoms with Crippen LogP contribution in [0.15, 0.2) is 6.07 Å². The van der Waals surface area contributed by atoms with E-state index in [0.29, 0.717) is 0 Å². The van der Waals surface area contributed by atoms with E-state index in [-0.39, 0.29) is 11.6 Å². The van der Waals surface area contributed by atoms with Gasteiger partial charge in [0.25, 0.3) is 6.43 Å². The molecule has 0 unspecified atom stereocenters. The molecule has 0 aliphatic rings. The largest absolute Gasteiger partial charge is 0.478 e. The molecule has 1 aromatic rings. The SMILES string of the molecule is Nc1nc(CCl)cc(C(F)F)c1C(=O)O. The Kier molecular flexibility index (Phi) is 3.41. The smallest absolute Gasteiger partial charge is 0.339 e. The van der Waals surface area contributed by atoms with Gasteiger partial charge in [0, 0.05) is 5.56 Å². The third kappa shape index (κ3) is 2.33. The molecule has 0 atom stereocenters. The van der Waals surface area contributed by atoms with Gasteiger partial charge in [0.2, 0.25) is 0 Å². The molecule has 15 heavy (non-hydrogen) atoms. The Hall–Kier alpha value is -1.43. The number of hydrogen-bond donors (Lipinski definition) is 2. The summed E-state index contributed by atoms with van der Waals surface area (Å²) in [5.74, 6) is -2.09. The number of aromatic carboxylic acids is 1. The zero-order valence-corrected chi connectivity index (χ0v) is 8.13. The van der Waals surface area contributed by atoms with Gasteiger partial charge in [-0.25, -0.2) is 18.6 Å². The second kappa shape index (κ2) is 4.39. The van der Waals surface area contributed by atoms with Gasteiger partial charge in [-0.15, -0.1) is 11.6 Å². The Balaban J connectivity index is 3.42. The number of nitrogens with two attached hydrogens (primary N) is 1. The van der Waals surface area contributed by atoms with Crippen LogP contribution in [0, 0.1) is 0 Å². The fourth-order valence-electron chi connectivity index (χ4n) is 1.12. The molecule has 0 radical (unpaired) electrons. The number of anilines is 1. The molecule has 0 aromatic carbocycles. The lowest BCUT2D eigenvalue weighted by Gasteiger charge is -2.08. The second-order valence-electron chi connectivity index (χ2n) is 2.70. The quantitative estimate of drug-likeness (QED) is 0.788. The van der Waals surface area contributed by atoms with Crippen molar-refractivity contribution in [2.75, 3.05) is 5.73 Å². The Bertz CT molecular complexity index is 398. The standard InChI is InChI=1S/C8H7ClF2N2O2/c9-2-3-1-4(6(10)11)5(8(14)15)7(12)13-3/h1,6H,2H2,(H2,12,13)(H,14,15). The van der Waals surface area contributed by atoms with Crippen molar-refractivity contribution in [3.8, 4) is 0 Å². The number of pyridine rings is 1. The van der Waals surface area contributed by atoms with Gasteiger partial charge in [0.05, 0.1) is 11.6 Å². The molecular formula is C8H7ClF2N2O2. The van der Waals surface area contributed by atoms with Crippen LogP contribution in [0.3, 0.4) is 0 Å². The topological polar surface area (TPSA) is 76.2 Å². The number of nitrogen functional groups attached to an aromatic ring is 1. The molecule has 1 heterocycles. The monoisotopic (exact) mass is 236 g/mol. The highest BCUT2D eigenvalue weighted by Crippen LogP contribution is 2.27. The molecule has 7 heteroatoms. The van der Waals surface area contributed by atoms with E-state index in [4.69, 9.17) is 22.4 Å². The van der Waals surface area contributed by atoms with Crippen molar-refractivity contribution in [1.29, 1.82) is 0 Å². The van der Waals surface area contributed by atoms with E-state index < -0.39 is 29.3 Å². The van der Waals surface area contributed by atoms with Crippen LogP contribution in [0.1, 0.15) is 28.0 Å². The second-order valence-corrected chi connectivity index (χ2v) is 2.97. The summed E-state index contributed by atoms with van der Waals surface area (Å²) in [5, 5.41) is 8.67. The van der Waals surface area contributed by atoms with Gasteiger partial charge in [-0.3, -0.25) is 0 Å². The maximum absolute atomic E-state index is 12.5. The first-order valence-corrected chi connectivity index (χ1v) is 4.37. The molecule has 1 rings (SSSR count). The van der Waals surface area contributed by atoms with Crippen LogP contribution in [0.25, 0.3) is 0 Å². The van der Waals surface area contributed by atoms with Gasteiger partial charge < -0.3 is 10.8 Å². The highest BCUT2D eigenvalue weighted by atomic mass is 35.5. The fraction of sp³-hybridized carbons (Fsp3) is 0.250. The van der Waals surface area contributed by atoms with Crippen LogP contribution in [0.5, 0.6) is 0 Å². The van der Waals surface area contributed by atoms with Gasteiger partial charge in [-0.05, 0) is 6.07 Å². The van der Waals surface area contributed by atoms with Crippen LogP contribution in [-0.4, -0.2) is 16.1 Å². The summed E-state index contributed by atoms with van der Waals surface area (Å²) in [6.07, 6.45) is -2.93. The van der Waals surface area contributed by atoms with Crippen molar-refractivity contribution in [2.24, 2.45) is 0 Å². The number of rotatable bonds is 3. The van der Waals surface area contributed by atoms with Crippen LogP contribution < -0.4 is 5.73 Å². The number of carbonyl (C=O) groups is 1. The average molecular weight is 237 g/mol. The van der Waals surface area contributed by atoms with Crippen molar-refractivity contribution < 1.29 is 18.7 Å². The Labute approximate surface area is 88.7 Å². The van der Waals surface area contributed by atoms with Gasteiger partial charge in [-0.2, -0.15) is 0 Å². The van der Waals surface area contributed by atoms with E-state index in [2.05, 4.69) is 4.98 Å². The summed E-state index contributed by atoms with van der Waals surface area (Å²) in [6.45, 7) is 0. The molecule has 0 saturated carbocycles. The molecule has 0 amide bonds. The minimum atomic E-state index is -2.93. The lowest BCUT2D eigenvalue weighted by Crippen LogP contribution is -2.10. The molecule has 0 fully saturated rings. The first-order valence-electron chi connectivity index (χ1n) is 3.84. The molecular weight excluding hydrogens is 230 g/mol. The van der Waals surface area contributed by atoms with Crippen molar-refractivity contribution in [3.05, 3.63) is 22.9 Å². The Morgan fingerprint density at radius 3 is 2.67 bits per heavy atom. The fourth-order valence-corrected chi connectivity index (χ4v) is 1.25. The number of carboxylic acids is 1. The van der Waals surface area contributed by atoms with Gasteiger partial charge in [0.15, 0.2) is 0 Å². The van der Waals surface area contributed by atoms with E-state index in [1.807, 2.05) is 0 Å². The lowest BCUT2D eigenvalue weighted by molar-refractivity contribution is 0.0685. The normalized spacial score (nSPS) is 10.7. The summed E-state index contributed by atoms with van der Waals surface area (Å²) in [4.78, 5) is 14.2. The predicted octanol–water partition coefficient (Wildman–Crippen LogP) is 2.04. The third-order valence-electron chi connectivity index (χ3n) is 1.72. The summed E-state index contributed by atoms with van der Waals surface area (Å²) < 4.78 is 25.0. The average Bonchev–Trinajstić information content (AvgIpc) is 2.15. The molecule has 0 aliphatic heterocycles. The van der Waals surface area contributed by atoms with E-state index in [1.54, 1.807) is 0 Å².